The van der Waals surface area contributed by atoms with Crippen molar-refractivity contribution in [1.29, 1.82) is 0 Å². The molecule has 2 aromatic rings. The Labute approximate surface area is 100 Å². The molecule has 0 saturated heterocycles. The molecule has 0 aliphatic carbocycles. The lowest BCUT2D eigenvalue weighted by Gasteiger charge is -2.11. The maximum atomic E-state index is 12.7. The van der Waals surface area contributed by atoms with E-state index in [2.05, 4.69) is 9.97 Å². The van der Waals surface area contributed by atoms with Gasteiger partial charge in [0.15, 0.2) is 5.78 Å². The molecule has 0 amide bonds. The van der Waals surface area contributed by atoms with Gasteiger partial charge in [0.25, 0.3) is 0 Å². The monoisotopic (exact) mass is 252 g/mol. The molecule has 0 aliphatic heterocycles. The summed E-state index contributed by atoms with van der Waals surface area (Å²) in [5.41, 5.74) is -1.34. The molecule has 92 valence electrons. The zero-order valence-electron chi connectivity index (χ0n) is 8.98. The van der Waals surface area contributed by atoms with Crippen LogP contribution in [0.1, 0.15) is 21.5 Å². The summed E-state index contributed by atoms with van der Waals surface area (Å²) >= 11 is 0. The molecule has 2 rings (SSSR count). The molecule has 0 N–H and O–H groups in total. The molecule has 1 aromatic heterocycles. The Morgan fingerprint density at radius 3 is 2.28 bits per heavy atom. The van der Waals surface area contributed by atoms with Crippen molar-refractivity contribution in [2.75, 3.05) is 0 Å². The first-order valence-electron chi connectivity index (χ1n) is 4.96. The predicted molar refractivity (Wildman–Crippen MR) is 56.9 cm³/mol. The Balaban J connectivity index is 2.50. The number of carbonyl (C=O) groups excluding carboxylic acids is 1. The lowest BCUT2D eigenvalue weighted by atomic mass is 10.00. The van der Waals surface area contributed by atoms with Crippen LogP contribution in [0.15, 0.2) is 43.0 Å². The number of aromatic nitrogens is 2. The standard InChI is InChI=1S/C12H7F3N2O/c13-12(14,15)10-4-2-1-3-9(10)11(18)8-5-16-7-17-6-8/h1-7H. The van der Waals surface area contributed by atoms with Crippen LogP contribution in [0.5, 0.6) is 0 Å². The van der Waals surface area contributed by atoms with Gasteiger partial charge in [-0.15, -0.1) is 0 Å². The maximum Gasteiger partial charge on any atom is 0.417 e. The summed E-state index contributed by atoms with van der Waals surface area (Å²) in [7, 11) is 0. The molecule has 0 aliphatic rings. The highest BCUT2D eigenvalue weighted by molar-refractivity contribution is 6.09. The summed E-state index contributed by atoms with van der Waals surface area (Å²) in [6.07, 6.45) is -1.00. The van der Waals surface area contributed by atoms with Gasteiger partial charge in [0.05, 0.1) is 11.1 Å². The molecule has 0 atom stereocenters. The fourth-order valence-corrected chi connectivity index (χ4v) is 1.50. The summed E-state index contributed by atoms with van der Waals surface area (Å²) in [5.74, 6) is -0.747. The first-order chi connectivity index (χ1) is 8.50. The fourth-order valence-electron chi connectivity index (χ4n) is 1.50. The van der Waals surface area contributed by atoms with Crippen molar-refractivity contribution in [2.24, 2.45) is 0 Å². The minimum absolute atomic E-state index is 0.0224. The maximum absolute atomic E-state index is 12.7. The number of hydrogen-bond acceptors (Lipinski definition) is 3. The molecule has 18 heavy (non-hydrogen) atoms. The first kappa shape index (κ1) is 12.2. The number of carbonyl (C=O) groups is 1. The average molecular weight is 252 g/mol. The topological polar surface area (TPSA) is 42.9 Å². The van der Waals surface area contributed by atoms with Crippen molar-refractivity contribution in [3.63, 3.8) is 0 Å². The van der Waals surface area contributed by atoms with Gasteiger partial charge >= 0.3 is 6.18 Å². The van der Waals surface area contributed by atoms with Crippen LogP contribution in [0.2, 0.25) is 0 Å². The van der Waals surface area contributed by atoms with Gasteiger partial charge in [-0.05, 0) is 6.07 Å². The van der Waals surface area contributed by atoms with Crippen LogP contribution in [0.4, 0.5) is 13.2 Å². The molecule has 0 spiro atoms. The third-order valence-electron chi connectivity index (χ3n) is 2.30. The molecule has 0 bridgehead atoms. The molecule has 0 unspecified atom stereocenters. The fraction of sp³-hybridized carbons (Fsp3) is 0.0833. The van der Waals surface area contributed by atoms with Gasteiger partial charge in [0.2, 0.25) is 0 Å². The SMILES string of the molecule is O=C(c1cncnc1)c1ccccc1C(F)(F)F. The number of rotatable bonds is 2. The van der Waals surface area contributed by atoms with Crippen molar-refractivity contribution >= 4 is 5.78 Å². The Kier molecular flexibility index (Phi) is 3.10. The molecule has 3 nitrogen and oxygen atoms in total. The number of ketones is 1. The van der Waals surface area contributed by atoms with Gasteiger partial charge in [-0.2, -0.15) is 13.2 Å². The van der Waals surface area contributed by atoms with Gasteiger partial charge < -0.3 is 0 Å². The van der Waals surface area contributed by atoms with Gasteiger partial charge in [0, 0.05) is 18.0 Å². The highest BCUT2D eigenvalue weighted by Gasteiger charge is 2.34. The molecule has 1 heterocycles. The van der Waals surface area contributed by atoms with Crippen LogP contribution < -0.4 is 0 Å². The lowest BCUT2D eigenvalue weighted by Crippen LogP contribution is -2.13. The van der Waals surface area contributed by atoms with E-state index in [1.807, 2.05) is 0 Å². The van der Waals surface area contributed by atoms with Gasteiger partial charge in [-0.3, -0.25) is 4.79 Å². The van der Waals surface area contributed by atoms with E-state index >= 15 is 0 Å². The molecular weight excluding hydrogens is 245 g/mol. The van der Waals surface area contributed by atoms with Crippen LogP contribution in [-0.2, 0) is 6.18 Å². The van der Waals surface area contributed by atoms with Gasteiger partial charge in [-0.25, -0.2) is 9.97 Å². The number of nitrogens with zero attached hydrogens (tertiary/aromatic N) is 2. The zero-order chi connectivity index (χ0) is 13.2. The summed E-state index contributed by atoms with van der Waals surface area (Å²) in [6, 6.07) is 4.63. The van der Waals surface area contributed by atoms with E-state index in [1.54, 1.807) is 0 Å². The zero-order valence-corrected chi connectivity index (χ0v) is 8.98. The highest BCUT2D eigenvalue weighted by Crippen LogP contribution is 2.32. The van der Waals surface area contributed by atoms with Crippen molar-refractivity contribution in [1.82, 2.24) is 9.97 Å². The Bertz CT molecular complexity index is 567. The normalized spacial score (nSPS) is 11.3. The number of halogens is 3. The Morgan fingerprint density at radius 2 is 1.67 bits per heavy atom. The average Bonchev–Trinajstić information content (AvgIpc) is 2.38. The third-order valence-corrected chi connectivity index (χ3v) is 2.30. The van der Waals surface area contributed by atoms with E-state index < -0.39 is 23.1 Å². The second kappa shape index (κ2) is 4.56. The van der Waals surface area contributed by atoms with Crippen LogP contribution in [0.3, 0.4) is 0 Å². The van der Waals surface area contributed by atoms with Gasteiger partial charge in [-0.1, -0.05) is 18.2 Å². The number of alkyl halides is 3. The Hall–Kier alpha value is -2.24. The van der Waals surface area contributed by atoms with Crippen LogP contribution >= 0.6 is 0 Å². The van der Waals surface area contributed by atoms with Crippen molar-refractivity contribution < 1.29 is 18.0 Å². The smallest absolute Gasteiger partial charge is 0.288 e. The lowest BCUT2D eigenvalue weighted by molar-refractivity contribution is -0.137. The van der Waals surface area contributed by atoms with E-state index in [0.29, 0.717) is 0 Å². The predicted octanol–water partition coefficient (Wildman–Crippen LogP) is 2.73. The molecule has 0 radical (unpaired) electrons. The first-order valence-corrected chi connectivity index (χ1v) is 4.96. The molecule has 1 aromatic carbocycles. The van der Waals surface area contributed by atoms with E-state index in [9.17, 15) is 18.0 Å². The van der Waals surface area contributed by atoms with Crippen LogP contribution in [0.25, 0.3) is 0 Å². The second-order valence-corrected chi connectivity index (χ2v) is 3.50. The van der Waals surface area contributed by atoms with Crippen molar-refractivity contribution in [3.05, 3.63) is 59.7 Å². The van der Waals surface area contributed by atoms with Crippen LogP contribution in [0, 0.1) is 0 Å². The van der Waals surface area contributed by atoms with Crippen molar-refractivity contribution in [2.45, 2.75) is 6.18 Å². The second-order valence-electron chi connectivity index (χ2n) is 3.50. The minimum atomic E-state index is -4.57. The van der Waals surface area contributed by atoms with E-state index in [4.69, 9.17) is 0 Å². The van der Waals surface area contributed by atoms with E-state index in [1.165, 1.54) is 30.9 Å². The van der Waals surface area contributed by atoms with E-state index in [0.717, 1.165) is 12.1 Å². The molecular formula is C12H7F3N2O. The quantitative estimate of drug-likeness (QED) is 0.772. The molecule has 6 heteroatoms. The number of benzene rings is 1. The van der Waals surface area contributed by atoms with Crippen LogP contribution in [-0.4, -0.2) is 15.8 Å². The summed E-state index contributed by atoms with van der Waals surface area (Å²) in [5, 5.41) is 0. The Morgan fingerprint density at radius 1 is 1.06 bits per heavy atom. The van der Waals surface area contributed by atoms with Crippen molar-refractivity contribution in [3.8, 4) is 0 Å². The highest BCUT2D eigenvalue weighted by atomic mass is 19.4. The minimum Gasteiger partial charge on any atom is -0.288 e. The summed E-state index contributed by atoms with van der Waals surface area (Å²) in [6.45, 7) is 0. The van der Waals surface area contributed by atoms with E-state index in [-0.39, 0.29) is 5.56 Å². The molecule has 0 fully saturated rings. The van der Waals surface area contributed by atoms with Gasteiger partial charge in [0.1, 0.15) is 6.33 Å². The number of hydrogen-bond donors (Lipinski definition) is 0. The third kappa shape index (κ3) is 2.37. The summed E-state index contributed by atoms with van der Waals surface area (Å²) in [4.78, 5) is 19.2. The largest absolute Gasteiger partial charge is 0.417 e. The summed E-state index contributed by atoms with van der Waals surface area (Å²) < 4.78 is 38.2. The molecule has 0 saturated carbocycles.